The van der Waals surface area contributed by atoms with Gasteiger partial charge in [-0.2, -0.15) is 17.2 Å². The quantitative estimate of drug-likeness (QED) is 0.328. The number of alkyl halides is 2. The number of amidine groups is 1. The molecule has 2 atom stereocenters. The SMILES string of the molecule is C=[N+]([C@@H]1CN(C2=NOC(c3ncc(Cl)cc3-c3c(F)cc(F)cc3F)C2)CC1(F)F)S(=O)(=O)CC. The van der Waals surface area contributed by atoms with E-state index in [4.69, 9.17) is 16.4 Å². The summed E-state index contributed by atoms with van der Waals surface area (Å²) < 4.78 is 96.3. The zero-order chi connectivity index (χ0) is 25.7. The highest BCUT2D eigenvalue weighted by Gasteiger charge is 2.58. The standard InChI is InChI=1S/C21H19ClF5N4O3S/c1-3-35(32,33)30(2)17-9-31(10-21(17,26)27)18-7-16(34-29-18)20-13(4-11(22)8-28-20)19-14(24)5-12(23)6-15(19)25/h4-6,8,16-17H,2-3,7,9-10H2,1H3/q+1/t16?,17-/m1/s1. The van der Waals surface area contributed by atoms with Gasteiger partial charge >= 0.3 is 15.9 Å². The molecule has 2 aromatic rings. The number of aromatic nitrogens is 1. The van der Waals surface area contributed by atoms with Crippen LogP contribution in [0.25, 0.3) is 11.1 Å². The minimum absolute atomic E-state index is 0.00686. The van der Waals surface area contributed by atoms with E-state index in [0.29, 0.717) is 16.1 Å². The van der Waals surface area contributed by atoms with Crippen molar-refractivity contribution in [2.24, 2.45) is 5.16 Å². The molecule has 35 heavy (non-hydrogen) atoms. The fraction of sp³-hybridized carbons (Fsp3) is 0.381. The molecule has 1 unspecified atom stereocenters. The first kappa shape index (κ1) is 25.3. The maximum Gasteiger partial charge on any atom is 0.364 e. The van der Waals surface area contributed by atoms with E-state index in [0.717, 1.165) is 0 Å². The van der Waals surface area contributed by atoms with Gasteiger partial charge in [0, 0.05) is 23.9 Å². The molecule has 1 saturated heterocycles. The molecular weight excluding hydrogens is 519 g/mol. The first-order valence-corrected chi connectivity index (χ1v) is 12.3. The number of hydrogen-bond acceptors (Lipinski definition) is 6. The lowest BCUT2D eigenvalue weighted by atomic mass is 9.98. The van der Waals surface area contributed by atoms with Gasteiger partial charge in [-0.3, -0.25) is 4.98 Å². The van der Waals surface area contributed by atoms with Gasteiger partial charge in [0.25, 0.3) is 6.04 Å². The fourth-order valence-electron chi connectivity index (χ4n) is 4.03. The summed E-state index contributed by atoms with van der Waals surface area (Å²) in [5.41, 5.74) is -0.692. The second kappa shape index (κ2) is 9.01. The molecule has 0 aliphatic carbocycles. The van der Waals surface area contributed by atoms with Crippen molar-refractivity contribution in [2.75, 3.05) is 18.8 Å². The van der Waals surface area contributed by atoms with Gasteiger partial charge in [-0.1, -0.05) is 16.8 Å². The predicted octanol–water partition coefficient (Wildman–Crippen LogP) is 3.98. The molecule has 2 aliphatic rings. The number of pyridine rings is 1. The number of halogens is 6. The van der Waals surface area contributed by atoms with Gasteiger partial charge in [0.15, 0.2) is 6.10 Å². The van der Waals surface area contributed by atoms with Crippen molar-refractivity contribution in [3.05, 3.63) is 52.6 Å². The molecule has 2 aliphatic heterocycles. The van der Waals surface area contributed by atoms with Gasteiger partial charge in [-0.25, -0.2) is 13.2 Å². The highest BCUT2D eigenvalue weighted by Crippen LogP contribution is 2.39. The van der Waals surface area contributed by atoms with E-state index in [9.17, 15) is 30.4 Å². The zero-order valence-corrected chi connectivity index (χ0v) is 19.8. The Labute approximate surface area is 202 Å². The van der Waals surface area contributed by atoms with Crippen LogP contribution >= 0.6 is 11.6 Å². The van der Waals surface area contributed by atoms with Crippen molar-refractivity contribution in [3.63, 3.8) is 0 Å². The van der Waals surface area contributed by atoms with Crippen molar-refractivity contribution < 1.29 is 39.2 Å². The Kier molecular flexibility index (Phi) is 6.51. The molecule has 3 heterocycles. The second-order valence-corrected chi connectivity index (χ2v) is 10.7. The van der Waals surface area contributed by atoms with Crippen LogP contribution in [0.15, 0.2) is 29.6 Å². The van der Waals surface area contributed by atoms with E-state index >= 15 is 0 Å². The third-order valence-corrected chi connectivity index (χ3v) is 7.74. The van der Waals surface area contributed by atoms with Crippen LogP contribution in [0.4, 0.5) is 22.0 Å². The Morgan fingerprint density at radius 2 is 1.91 bits per heavy atom. The predicted molar refractivity (Wildman–Crippen MR) is 118 cm³/mol. The number of benzene rings is 1. The van der Waals surface area contributed by atoms with Crippen LogP contribution in [0.5, 0.6) is 0 Å². The number of hydrogen-bond donors (Lipinski definition) is 0. The molecular formula is C21H19ClF5N4O3S+. The van der Waals surface area contributed by atoms with E-state index in [1.807, 2.05) is 0 Å². The Balaban J connectivity index is 1.60. The van der Waals surface area contributed by atoms with E-state index in [-0.39, 0.29) is 28.5 Å². The number of likely N-dealkylation sites (tertiary alicyclic amines) is 1. The summed E-state index contributed by atoms with van der Waals surface area (Å²) in [7, 11) is -3.98. The Bertz CT molecular complexity index is 1320. The zero-order valence-electron chi connectivity index (χ0n) is 18.2. The molecule has 7 nitrogen and oxygen atoms in total. The first-order valence-electron chi connectivity index (χ1n) is 10.3. The summed E-state index contributed by atoms with van der Waals surface area (Å²) >= 11 is 5.97. The Morgan fingerprint density at radius 1 is 1.26 bits per heavy atom. The highest BCUT2D eigenvalue weighted by atomic mass is 35.5. The van der Waals surface area contributed by atoms with E-state index in [2.05, 4.69) is 16.9 Å². The number of oxime groups is 1. The van der Waals surface area contributed by atoms with Crippen LogP contribution in [0, 0.1) is 17.5 Å². The minimum atomic E-state index is -3.98. The number of rotatable bonds is 5. The molecule has 0 radical (unpaired) electrons. The summed E-state index contributed by atoms with van der Waals surface area (Å²) in [5, 5.41) is 3.88. The van der Waals surface area contributed by atoms with Crippen molar-refractivity contribution >= 4 is 34.2 Å². The molecule has 188 valence electrons. The highest BCUT2D eigenvalue weighted by molar-refractivity contribution is 7.85. The summed E-state index contributed by atoms with van der Waals surface area (Å²) in [5.74, 6) is -7.24. The fourth-order valence-corrected chi connectivity index (χ4v) is 5.13. The molecule has 1 aromatic heterocycles. The third-order valence-electron chi connectivity index (χ3n) is 5.84. The minimum Gasteiger partial charge on any atom is -0.384 e. The molecule has 0 spiro atoms. The lowest BCUT2D eigenvalue weighted by Crippen LogP contribution is -2.44. The molecule has 4 rings (SSSR count). The summed E-state index contributed by atoms with van der Waals surface area (Å²) in [6.07, 6.45) is 0.0770. The lowest BCUT2D eigenvalue weighted by Gasteiger charge is -2.17. The molecule has 1 fully saturated rings. The molecule has 0 amide bonds. The number of sulfonamides is 1. The third kappa shape index (κ3) is 4.70. The molecule has 14 heteroatoms. The van der Waals surface area contributed by atoms with Crippen LogP contribution in [0.2, 0.25) is 5.02 Å². The average molecular weight is 538 g/mol. The molecule has 0 N–H and O–H groups in total. The second-order valence-electron chi connectivity index (χ2n) is 8.08. The van der Waals surface area contributed by atoms with Gasteiger partial charge in [0.2, 0.25) is 0 Å². The van der Waals surface area contributed by atoms with E-state index in [1.54, 1.807) is 0 Å². The summed E-state index contributed by atoms with van der Waals surface area (Å²) in [6.45, 7) is 3.40. The van der Waals surface area contributed by atoms with Crippen LogP contribution in [-0.2, 0) is 14.9 Å². The maximum absolute atomic E-state index is 14.7. The lowest BCUT2D eigenvalue weighted by molar-refractivity contribution is -0.436. The molecule has 1 aromatic carbocycles. The van der Waals surface area contributed by atoms with E-state index < -0.39 is 69.9 Å². The Hall–Kier alpha value is -2.80. The van der Waals surface area contributed by atoms with Crippen molar-refractivity contribution in [2.45, 2.75) is 31.4 Å². The van der Waals surface area contributed by atoms with Gasteiger partial charge in [-0.15, -0.1) is 3.98 Å². The van der Waals surface area contributed by atoms with Gasteiger partial charge in [-0.05, 0) is 13.0 Å². The van der Waals surface area contributed by atoms with Crippen molar-refractivity contribution in [1.82, 2.24) is 9.88 Å². The van der Waals surface area contributed by atoms with Gasteiger partial charge in [0.05, 0.1) is 35.8 Å². The summed E-state index contributed by atoms with van der Waals surface area (Å²) in [4.78, 5) is 10.6. The summed E-state index contributed by atoms with van der Waals surface area (Å²) in [6, 6.07) is 0.505. The van der Waals surface area contributed by atoms with Crippen LogP contribution < -0.4 is 0 Å². The normalized spacial score (nSPS) is 21.7. The van der Waals surface area contributed by atoms with Crippen molar-refractivity contribution in [1.29, 1.82) is 0 Å². The largest absolute Gasteiger partial charge is 0.384 e. The van der Waals surface area contributed by atoms with Crippen molar-refractivity contribution in [3.8, 4) is 11.1 Å². The van der Waals surface area contributed by atoms with Crippen LogP contribution in [-0.4, -0.2) is 65.6 Å². The van der Waals surface area contributed by atoms with Gasteiger partial charge < -0.3 is 9.74 Å². The molecule has 0 saturated carbocycles. The maximum atomic E-state index is 14.7. The first-order chi connectivity index (χ1) is 16.3. The van der Waals surface area contributed by atoms with Gasteiger partial charge in [0.1, 0.15) is 35.8 Å². The number of nitrogens with zero attached hydrogens (tertiary/aromatic N) is 4. The average Bonchev–Trinajstić information content (AvgIpc) is 3.36. The van der Waals surface area contributed by atoms with E-state index in [1.165, 1.54) is 24.1 Å². The van der Waals surface area contributed by atoms with Crippen LogP contribution in [0.3, 0.4) is 0 Å². The van der Waals surface area contributed by atoms with Crippen LogP contribution in [0.1, 0.15) is 25.1 Å². The molecule has 0 bridgehead atoms. The monoisotopic (exact) mass is 537 g/mol. The Morgan fingerprint density at radius 3 is 2.54 bits per heavy atom. The topological polar surface area (TPSA) is 74.9 Å². The smallest absolute Gasteiger partial charge is 0.364 e.